The number of carbonyl (C=O) groups excluding carboxylic acids is 1. The average molecular weight is 469 g/mol. The van der Waals surface area contributed by atoms with Crippen molar-refractivity contribution in [2.45, 2.75) is 25.7 Å². The Morgan fingerprint density at radius 1 is 1.10 bits per heavy atom. The number of benzene rings is 2. The average Bonchev–Trinajstić information content (AvgIpc) is 3.04. The number of fused-ring (bicyclic) bond motifs is 1. The third-order valence-electron chi connectivity index (χ3n) is 4.32. The summed E-state index contributed by atoms with van der Waals surface area (Å²) >= 11 is 6.11. The van der Waals surface area contributed by atoms with Gasteiger partial charge in [-0.3, -0.25) is 0 Å². The Hall–Kier alpha value is -2.25. The molecule has 0 aliphatic heterocycles. The zero-order valence-corrected chi connectivity index (χ0v) is 19.1. The van der Waals surface area contributed by atoms with Gasteiger partial charge in [-0.2, -0.15) is 0 Å². The van der Waals surface area contributed by atoms with Crippen LogP contribution in [0.4, 0.5) is 0 Å². The molecule has 0 bridgehead atoms. The van der Waals surface area contributed by atoms with E-state index in [1.807, 2.05) is 6.92 Å². The summed E-state index contributed by atoms with van der Waals surface area (Å²) in [5.74, 6) is -0.918. The van der Waals surface area contributed by atoms with E-state index in [2.05, 4.69) is 0 Å². The van der Waals surface area contributed by atoms with Gasteiger partial charge >= 0.3 is 14.0 Å². The first-order valence-electron chi connectivity index (χ1n) is 9.15. The summed E-state index contributed by atoms with van der Waals surface area (Å²) in [6.45, 7) is 5.19. The molecule has 1 atom stereocenters. The molecule has 1 unspecified atom stereocenters. The molecule has 3 rings (SSSR count). The molecule has 2 aromatic carbocycles. The van der Waals surface area contributed by atoms with Gasteiger partial charge in [-0.15, -0.1) is 4.52 Å². The maximum atomic E-state index is 13.6. The van der Waals surface area contributed by atoms with E-state index in [1.54, 1.807) is 26.0 Å². The molecule has 0 N–H and O–H groups in total. The van der Waals surface area contributed by atoms with Gasteiger partial charge < -0.3 is 4.74 Å². The molecule has 0 amide bonds. The zero-order chi connectivity index (χ0) is 22.1. The Morgan fingerprint density at radius 3 is 2.37 bits per heavy atom. The quantitative estimate of drug-likeness (QED) is 0.376. The van der Waals surface area contributed by atoms with E-state index in [0.29, 0.717) is 5.02 Å². The van der Waals surface area contributed by atoms with Crippen molar-refractivity contribution >= 4 is 51.8 Å². The largest absolute Gasteiger partial charge is 0.552 e. The first kappa shape index (κ1) is 22.4. The topological polar surface area (TPSA) is 91.7 Å². The number of esters is 1. The predicted octanol–water partition coefficient (Wildman–Crippen LogP) is 4.42. The van der Waals surface area contributed by atoms with E-state index in [1.165, 1.54) is 30.3 Å². The van der Waals surface area contributed by atoms with Crippen LogP contribution in [0.3, 0.4) is 0 Å². The van der Waals surface area contributed by atoms with E-state index in [4.69, 9.17) is 20.9 Å². The Morgan fingerprint density at radius 2 is 1.77 bits per heavy atom. The van der Waals surface area contributed by atoms with Crippen LogP contribution in [-0.4, -0.2) is 31.6 Å². The number of hydrogen-bond donors (Lipinski definition) is 0. The van der Waals surface area contributed by atoms with E-state index in [9.17, 15) is 17.8 Å². The number of ether oxygens (including phenoxy) is 1. The minimum absolute atomic E-state index is 0.0105. The number of rotatable bonds is 7. The van der Waals surface area contributed by atoms with Crippen LogP contribution in [0, 0.1) is 6.92 Å². The van der Waals surface area contributed by atoms with Crippen LogP contribution in [0.5, 0.6) is 0 Å². The molecule has 30 heavy (non-hydrogen) atoms. The highest BCUT2D eigenvalue weighted by Gasteiger charge is 2.41. The molecular weight excluding hydrogens is 449 g/mol. The summed E-state index contributed by atoms with van der Waals surface area (Å²) in [7, 11) is -6.78. The highest BCUT2D eigenvalue weighted by atomic mass is 35.5. The van der Waals surface area contributed by atoms with Crippen LogP contribution in [-0.2, 0) is 23.8 Å². The Kier molecular flexibility index (Phi) is 6.62. The molecule has 0 saturated heterocycles. The Balaban J connectivity index is 2.45. The number of nitrogens with zero attached hydrogens (tertiary/aromatic N) is 1. The van der Waals surface area contributed by atoms with E-state index in [0.717, 1.165) is 9.54 Å². The normalized spacial score (nSPS) is 12.2. The van der Waals surface area contributed by atoms with Crippen molar-refractivity contribution in [3.05, 3.63) is 58.7 Å². The molecule has 0 aliphatic carbocycles. The van der Waals surface area contributed by atoms with Gasteiger partial charge in [0.1, 0.15) is 6.61 Å². The van der Waals surface area contributed by atoms with Gasteiger partial charge in [-0.1, -0.05) is 29.3 Å². The Labute approximate surface area is 180 Å². The summed E-state index contributed by atoms with van der Waals surface area (Å²) < 4.78 is 51.2. The van der Waals surface area contributed by atoms with E-state index in [-0.39, 0.29) is 40.0 Å². The van der Waals surface area contributed by atoms with Crippen molar-refractivity contribution in [2.75, 3.05) is 13.2 Å². The van der Waals surface area contributed by atoms with Crippen LogP contribution in [0.2, 0.25) is 5.02 Å². The molecule has 0 radical (unpaired) electrons. The summed E-state index contributed by atoms with van der Waals surface area (Å²) in [5.41, 5.74) is 0.675. The lowest BCUT2D eigenvalue weighted by molar-refractivity contribution is 0.0520. The van der Waals surface area contributed by atoms with Gasteiger partial charge in [-0.05, 0) is 55.7 Å². The molecule has 10 heteroatoms. The fourth-order valence-electron chi connectivity index (χ4n) is 3.03. The minimum Gasteiger partial charge on any atom is -0.461 e. The fraction of sp³-hybridized carbons (Fsp3) is 0.250. The third kappa shape index (κ3) is 4.01. The molecule has 3 aromatic rings. The molecule has 1 heterocycles. The van der Waals surface area contributed by atoms with Crippen molar-refractivity contribution in [1.29, 1.82) is 0 Å². The predicted molar refractivity (Wildman–Crippen MR) is 116 cm³/mol. The van der Waals surface area contributed by atoms with Gasteiger partial charge in [0.15, 0.2) is 5.69 Å². The number of aromatic nitrogens is 1. The summed E-state index contributed by atoms with van der Waals surface area (Å²) in [6.07, 6.45) is 0. The molecule has 0 saturated carbocycles. The zero-order valence-electron chi connectivity index (χ0n) is 16.6. The summed E-state index contributed by atoms with van der Waals surface area (Å²) in [5, 5.41) is 0.484. The SMILES string of the molecule is CCOC(=O)c1c([P+](=O)OCC)c2cc(Cl)ccc2n1S(=O)(=O)c1ccc(C)cc1. The second-order valence-corrected chi connectivity index (χ2v) is 9.78. The first-order valence-corrected chi connectivity index (χ1v) is 12.1. The maximum Gasteiger partial charge on any atom is 0.552 e. The fourth-order valence-corrected chi connectivity index (χ4v) is 5.89. The number of halogens is 1. The monoisotopic (exact) mass is 468 g/mol. The van der Waals surface area contributed by atoms with Crippen molar-refractivity contribution in [1.82, 2.24) is 3.97 Å². The van der Waals surface area contributed by atoms with Crippen molar-refractivity contribution in [3.8, 4) is 0 Å². The van der Waals surface area contributed by atoms with Gasteiger partial charge in [0, 0.05) is 5.02 Å². The van der Waals surface area contributed by atoms with Crippen LogP contribution in [0.1, 0.15) is 29.9 Å². The Bertz CT molecular complexity index is 1230. The smallest absolute Gasteiger partial charge is 0.461 e. The summed E-state index contributed by atoms with van der Waals surface area (Å²) in [6, 6.07) is 10.6. The molecule has 1 aromatic heterocycles. The van der Waals surface area contributed by atoms with Crippen LogP contribution in [0.15, 0.2) is 47.4 Å². The lowest BCUT2D eigenvalue weighted by Gasteiger charge is -2.11. The number of hydrogen-bond acceptors (Lipinski definition) is 6. The third-order valence-corrected chi connectivity index (χ3v) is 7.59. The van der Waals surface area contributed by atoms with Crippen LogP contribution >= 0.6 is 19.6 Å². The highest BCUT2D eigenvalue weighted by Crippen LogP contribution is 2.35. The second-order valence-electron chi connectivity index (χ2n) is 6.34. The minimum atomic E-state index is -4.23. The lowest BCUT2D eigenvalue weighted by atomic mass is 10.2. The first-order chi connectivity index (χ1) is 14.2. The van der Waals surface area contributed by atoms with Crippen LogP contribution in [0.25, 0.3) is 10.9 Å². The molecule has 0 spiro atoms. The molecular formula is C20H20ClNO6PS+. The standard InChI is InChI=1S/C20H20ClNO6PS/c1-4-27-20(23)18-19(29(24)28-5-2)16-12-14(21)8-11-17(16)22(18)30(25,26)15-9-6-13(3)7-10-15/h6-12H,4-5H2,1-3H3/q+1. The molecule has 7 nitrogen and oxygen atoms in total. The second kappa shape index (κ2) is 8.86. The van der Waals surface area contributed by atoms with Crippen molar-refractivity contribution in [3.63, 3.8) is 0 Å². The maximum absolute atomic E-state index is 13.6. The summed E-state index contributed by atoms with van der Waals surface area (Å²) in [4.78, 5) is 12.8. The molecule has 0 fully saturated rings. The van der Waals surface area contributed by atoms with Crippen molar-refractivity contribution < 1.29 is 27.0 Å². The molecule has 158 valence electrons. The van der Waals surface area contributed by atoms with E-state index >= 15 is 0 Å². The highest BCUT2D eigenvalue weighted by molar-refractivity contribution is 7.90. The molecule has 0 aliphatic rings. The lowest BCUT2D eigenvalue weighted by Crippen LogP contribution is -2.24. The van der Waals surface area contributed by atoms with Gasteiger partial charge in [0.05, 0.1) is 22.4 Å². The number of aryl methyl sites for hydroxylation is 1. The van der Waals surface area contributed by atoms with E-state index < -0.39 is 24.0 Å². The van der Waals surface area contributed by atoms with Gasteiger partial charge in [-0.25, -0.2) is 17.2 Å². The van der Waals surface area contributed by atoms with Gasteiger partial charge in [0.25, 0.3) is 15.3 Å². The van der Waals surface area contributed by atoms with Crippen molar-refractivity contribution in [2.24, 2.45) is 0 Å². The van der Waals surface area contributed by atoms with Gasteiger partial charge in [0.2, 0.25) is 0 Å². The van der Waals surface area contributed by atoms with Crippen LogP contribution < -0.4 is 5.30 Å². The number of carbonyl (C=O) groups is 1.